The second kappa shape index (κ2) is 7.90. The van der Waals surface area contributed by atoms with Crippen LogP contribution in [0, 0.1) is 10.1 Å². The van der Waals surface area contributed by atoms with Crippen LogP contribution < -0.4 is 15.5 Å². The largest absolute Gasteiger partial charge is 0.442 e. The number of carbonyl (C=O) groups excluding carboxylic acids is 3. The monoisotopic (exact) mass is 422 g/mol. The van der Waals surface area contributed by atoms with E-state index in [1.54, 1.807) is 30.3 Å². The molecule has 2 heterocycles. The van der Waals surface area contributed by atoms with E-state index >= 15 is 0 Å². The Morgan fingerprint density at radius 1 is 1.29 bits per heavy atom. The number of hydrogen-bond acceptors (Lipinski definition) is 6. The summed E-state index contributed by atoms with van der Waals surface area (Å²) in [6.07, 6.45) is 0.696. The molecular formula is C21H18N4O6. The van der Waals surface area contributed by atoms with E-state index in [2.05, 4.69) is 10.6 Å². The quantitative estimate of drug-likeness (QED) is 0.433. The first-order valence-corrected chi connectivity index (χ1v) is 9.46. The smallest absolute Gasteiger partial charge is 0.414 e. The highest BCUT2D eigenvalue weighted by Gasteiger charge is 2.32. The average Bonchev–Trinajstić information content (AvgIpc) is 3.26. The molecule has 0 bridgehead atoms. The van der Waals surface area contributed by atoms with Gasteiger partial charge in [-0.25, -0.2) is 4.79 Å². The Morgan fingerprint density at radius 2 is 2.03 bits per heavy atom. The molecule has 1 saturated heterocycles. The summed E-state index contributed by atoms with van der Waals surface area (Å²) in [5, 5.41) is 16.4. The Kier molecular flexibility index (Phi) is 5.12. The summed E-state index contributed by atoms with van der Waals surface area (Å²) in [4.78, 5) is 47.5. The minimum atomic E-state index is -0.510. The lowest BCUT2D eigenvalue weighted by Crippen LogP contribution is -2.33. The van der Waals surface area contributed by atoms with Gasteiger partial charge in [0.15, 0.2) is 0 Å². The lowest BCUT2D eigenvalue weighted by Gasteiger charge is -2.13. The molecule has 0 aromatic heterocycles. The molecule has 1 fully saturated rings. The van der Waals surface area contributed by atoms with Crippen LogP contribution in [0.4, 0.5) is 21.9 Å². The fraction of sp³-hybridized carbons (Fsp3) is 0.190. The molecule has 10 nitrogen and oxygen atoms in total. The van der Waals surface area contributed by atoms with Crippen LogP contribution in [0.25, 0.3) is 11.6 Å². The number of cyclic esters (lactones) is 1. The molecule has 2 N–H and O–H groups in total. The maximum absolute atomic E-state index is 12.3. The highest BCUT2D eigenvalue weighted by atomic mass is 16.6. The molecule has 158 valence electrons. The minimum absolute atomic E-state index is 0.0992. The van der Waals surface area contributed by atoms with Crippen molar-refractivity contribution in [3.63, 3.8) is 0 Å². The number of carbonyl (C=O) groups is 3. The van der Waals surface area contributed by atoms with Crippen molar-refractivity contribution in [3.8, 4) is 0 Å². The number of anilines is 2. The predicted octanol–water partition coefficient (Wildman–Crippen LogP) is 2.55. The molecule has 0 saturated carbocycles. The van der Waals surface area contributed by atoms with Gasteiger partial charge in [-0.15, -0.1) is 0 Å². The molecule has 10 heteroatoms. The van der Waals surface area contributed by atoms with Gasteiger partial charge in [-0.05, 0) is 29.8 Å². The Bertz CT molecular complexity index is 1130. The number of benzene rings is 2. The number of amides is 3. The number of fused-ring (bicyclic) bond motifs is 1. The Hall–Kier alpha value is -4.21. The van der Waals surface area contributed by atoms with E-state index in [1.807, 2.05) is 0 Å². The maximum Gasteiger partial charge on any atom is 0.414 e. The number of nitrogens with one attached hydrogen (secondary N) is 2. The van der Waals surface area contributed by atoms with Gasteiger partial charge in [-0.3, -0.25) is 24.6 Å². The summed E-state index contributed by atoms with van der Waals surface area (Å²) in [5.41, 5.74) is 2.51. The number of nitrogens with zero attached hydrogens (tertiary/aromatic N) is 2. The SMILES string of the molecule is CC(=O)NC[C@H]1CN(c2ccc(C=C3C(=O)Nc4ccc([N+](=O)[O-])cc43)cc2)C(=O)O1. The fourth-order valence-electron chi connectivity index (χ4n) is 3.45. The molecule has 0 radical (unpaired) electrons. The van der Waals surface area contributed by atoms with Gasteiger partial charge in [0.25, 0.3) is 11.6 Å². The second-order valence-electron chi connectivity index (χ2n) is 7.14. The third-order valence-corrected chi connectivity index (χ3v) is 4.97. The van der Waals surface area contributed by atoms with E-state index in [4.69, 9.17) is 4.74 Å². The van der Waals surface area contributed by atoms with Crippen LogP contribution in [-0.4, -0.2) is 42.0 Å². The molecule has 31 heavy (non-hydrogen) atoms. The van der Waals surface area contributed by atoms with Crippen molar-refractivity contribution in [1.29, 1.82) is 0 Å². The summed E-state index contributed by atoms with van der Waals surface area (Å²) >= 11 is 0. The standard InChI is InChI=1S/C21H18N4O6/c1-12(26)22-10-16-11-24(21(28)31-16)14-4-2-13(3-5-14)8-18-17-9-15(25(29)30)6-7-19(17)23-20(18)27/h2-9,16H,10-11H2,1H3,(H,22,26)(H,23,27)/t16-/m0/s1. The molecule has 2 aromatic carbocycles. The van der Waals surface area contributed by atoms with Gasteiger partial charge >= 0.3 is 6.09 Å². The zero-order valence-corrected chi connectivity index (χ0v) is 16.5. The van der Waals surface area contributed by atoms with Gasteiger partial charge in [0.1, 0.15) is 6.10 Å². The van der Waals surface area contributed by atoms with Crippen molar-refractivity contribution < 1.29 is 24.0 Å². The summed E-state index contributed by atoms with van der Waals surface area (Å²) in [5.74, 6) is -0.543. The molecule has 0 spiro atoms. The van der Waals surface area contributed by atoms with Crippen LogP contribution in [0.3, 0.4) is 0 Å². The number of hydrogen-bond donors (Lipinski definition) is 2. The minimum Gasteiger partial charge on any atom is -0.442 e. The zero-order valence-electron chi connectivity index (χ0n) is 16.5. The molecule has 3 amide bonds. The van der Waals surface area contributed by atoms with Gasteiger partial charge in [0, 0.05) is 41.6 Å². The number of non-ortho nitro benzene ring substituents is 1. The lowest BCUT2D eigenvalue weighted by molar-refractivity contribution is -0.384. The van der Waals surface area contributed by atoms with Crippen molar-refractivity contribution in [2.24, 2.45) is 0 Å². The van der Waals surface area contributed by atoms with Crippen LogP contribution >= 0.6 is 0 Å². The topological polar surface area (TPSA) is 131 Å². The summed E-state index contributed by atoms with van der Waals surface area (Å²) < 4.78 is 5.25. The van der Waals surface area contributed by atoms with E-state index in [0.29, 0.717) is 34.6 Å². The van der Waals surface area contributed by atoms with Crippen molar-refractivity contribution in [2.45, 2.75) is 13.0 Å². The van der Waals surface area contributed by atoms with Gasteiger partial charge < -0.3 is 15.4 Å². The van der Waals surface area contributed by atoms with E-state index in [9.17, 15) is 24.5 Å². The summed E-state index contributed by atoms with van der Waals surface area (Å²) in [6, 6.07) is 11.1. The maximum atomic E-state index is 12.3. The molecular weight excluding hydrogens is 404 g/mol. The van der Waals surface area contributed by atoms with Crippen LogP contribution in [0.15, 0.2) is 42.5 Å². The molecule has 2 aliphatic heterocycles. The van der Waals surface area contributed by atoms with Crippen molar-refractivity contribution in [1.82, 2.24) is 5.32 Å². The van der Waals surface area contributed by atoms with Gasteiger partial charge in [-0.1, -0.05) is 12.1 Å². The number of nitro benzene ring substituents is 1. The number of nitro groups is 1. The third kappa shape index (κ3) is 4.08. The molecule has 0 unspecified atom stereocenters. The molecule has 2 aromatic rings. The average molecular weight is 422 g/mol. The molecule has 0 aliphatic carbocycles. The van der Waals surface area contributed by atoms with E-state index in [-0.39, 0.29) is 24.0 Å². The van der Waals surface area contributed by atoms with Crippen molar-refractivity contribution in [2.75, 3.05) is 23.3 Å². The van der Waals surface area contributed by atoms with E-state index in [1.165, 1.54) is 30.0 Å². The number of ether oxygens (including phenoxy) is 1. The summed E-state index contributed by atoms with van der Waals surface area (Å²) in [7, 11) is 0. The first kappa shape index (κ1) is 20.1. The second-order valence-corrected chi connectivity index (χ2v) is 7.14. The van der Waals surface area contributed by atoms with Crippen LogP contribution in [0.2, 0.25) is 0 Å². The molecule has 2 aliphatic rings. The third-order valence-electron chi connectivity index (χ3n) is 4.97. The highest BCUT2D eigenvalue weighted by Crippen LogP contribution is 2.35. The summed E-state index contributed by atoms with van der Waals surface area (Å²) in [6.45, 7) is 1.93. The van der Waals surface area contributed by atoms with E-state index < -0.39 is 17.1 Å². The fourth-order valence-corrected chi connectivity index (χ4v) is 3.45. The predicted molar refractivity (Wildman–Crippen MR) is 112 cm³/mol. The normalized spacial score (nSPS) is 18.5. The van der Waals surface area contributed by atoms with Crippen LogP contribution in [0.5, 0.6) is 0 Å². The highest BCUT2D eigenvalue weighted by molar-refractivity contribution is 6.35. The van der Waals surface area contributed by atoms with Gasteiger partial charge in [0.2, 0.25) is 5.91 Å². The molecule has 4 rings (SSSR count). The Balaban J connectivity index is 1.53. The Morgan fingerprint density at radius 3 is 2.71 bits per heavy atom. The lowest BCUT2D eigenvalue weighted by atomic mass is 10.0. The first-order chi connectivity index (χ1) is 14.8. The van der Waals surface area contributed by atoms with Crippen molar-refractivity contribution in [3.05, 3.63) is 63.7 Å². The van der Waals surface area contributed by atoms with E-state index in [0.717, 1.165) is 0 Å². The zero-order chi connectivity index (χ0) is 22.1. The first-order valence-electron chi connectivity index (χ1n) is 9.46. The van der Waals surface area contributed by atoms with Gasteiger partial charge in [-0.2, -0.15) is 0 Å². The van der Waals surface area contributed by atoms with Crippen LogP contribution in [-0.2, 0) is 14.3 Å². The Labute approximate surface area is 176 Å². The van der Waals surface area contributed by atoms with Crippen molar-refractivity contribution >= 4 is 46.6 Å². The van der Waals surface area contributed by atoms with Crippen LogP contribution in [0.1, 0.15) is 18.1 Å². The number of rotatable bonds is 5. The van der Waals surface area contributed by atoms with Gasteiger partial charge in [0.05, 0.1) is 18.0 Å². The molecule has 1 atom stereocenters.